The number of hydrogen-bond acceptors (Lipinski definition) is 5. The van der Waals surface area contributed by atoms with E-state index in [0.29, 0.717) is 19.5 Å². The maximum atomic E-state index is 12.3. The quantitative estimate of drug-likeness (QED) is 0.799. The fourth-order valence-electron chi connectivity index (χ4n) is 2.10. The molecule has 1 N–H and O–H groups in total. The number of aromatic nitrogens is 1. The molecule has 2 rings (SSSR count). The minimum absolute atomic E-state index is 0.0455. The molecule has 1 saturated heterocycles. The molecule has 0 atom stereocenters. The van der Waals surface area contributed by atoms with Crippen LogP contribution in [0, 0.1) is 11.3 Å². The van der Waals surface area contributed by atoms with Crippen LogP contribution in [-0.2, 0) is 16.1 Å². The molecule has 1 fully saturated rings. The second kappa shape index (κ2) is 7.16. The molecule has 6 heteroatoms. The molecule has 1 aliphatic rings. The van der Waals surface area contributed by atoms with Gasteiger partial charge >= 0.3 is 0 Å². The van der Waals surface area contributed by atoms with Crippen molar-refractivity contribution >= 4 is 5.91 Å². The summed E-state index contributed by atoms with van der Waals surface area (Å²) in [6.45, 7) is 4.42. The van der Waals surface area contributed by atoms with Crippen LogP contribution in [-0.4, -0.2) is 47.6 Å². The van der Waals surface area contributed by atoms with E-state index in [0.717, 1.165) is 18.7 Å². The molecule has 0 spiro atoms. The Morgan fingerprint density at radius 3 is 3.00 bits per heavy atom. The average molecular weight is 288 g/mol. The summed E-state index contributed by atoms with van der Waals surface area (Å²) in [5.41, 5.74) is 0.700. The van der Waals surface area contributed by atoms with E-state index in [-0.39, 0.29) is 18.1 Å². The zero-order valence-corrected chi connectivity index (χ0v) is 12.2. The second-order valence-electron chi connectivity index (χ2n) is 5.43. The fraction of sp³-hybridized carbons (Fsp3) is 0.533. The van der Waals surface area contributed by atoms with Crippen LogP contribution >= 0.6 is 0 Å². The van der Waals surface area contributed by atoms with E-state index in [1.807, 2.05) is 19.1 Å². The molecule has 21 heavy (non-hydrogen) atoms. The van der Waals surface area contributed by atoms with Crippen molar-refractivity contribution in [3.8, 4) is 6.07 Å². The van der Waals surface area contributed by atoms with Crippen molar-refractivity contribution in [1.82, 2.24) is 15.2 Å². The largest absolute Gasteiger partial charge is 0.363 e. The highest BCUT2D eigenvalue weighted by molar-refractivity contribution is 5.77. The number of ether oxygens (including phenoxy) is 1. The van der Waals surface area contributed by atoms with Crippen LogP contribution in [0.5, 0.6) is 0 Å². The molecule has 1 aromatic heterocycles. The smallest absolute Gasteiger partial charge is 0.248 e. The maximum Gasteiger partial charge on any atom is 0.248 e. The number of nitriles is 1. The van der Waals surface area contributed by atoms with Crippen LogP contribution in [0.25, 0.3) is 0 Å². The number of amides is 1. The molecule has 6 nitrogen and oxygen atoms in total. The molecule has 1 aromatic rings. The first-order valence-electron chi connectivity index (χ1n) is 7.01. The molecule has 0 unspecified atom stereocenters. The monoisotopic (exact) mass is 288 g/mol. The van der Waals surface area contributed by atoms with Gasteiger partial charge in [0.25, 0.3) is 0 Å². The molecule has 2 heterocycles. The van der Waals surface area contributed by atoms with Crippen molar-refractivity contribution in [3.63, 3.8) is 0 Å². The molecule has 1 aliphatic heterocycles. The summed E-state index contributed by atoms with van der Waals surface area (Å²) >= 11 is 0. The molecule has 0 aliphatic carbocycles. The van der Waals surface area contributed by atoms with Gasteiger partial charge in [-0.3, -0.25) is 9.78 Å². The summed E-state index contributed by atoms with van der Waals surface area (Å²) in [5.74, 6) is -0.0952. The summed E-state index contributed by atoms with van der Waals surface area (Å²) in [6.07, 6.45) is 3.73. The van der Waals surface area contributed by atoms with E-state index < -0.39 is 0 Å². The second-order valence-corrected chi connectivity index (χ2v) is 5.43. The van der Waals surface area contributed by atoms with Crippen LogP contribution in [0.3, 0.4) is 0 Å². The van der Waals surface area contributed by atoms with E-state index in [4.69, 9.17) is 10.00 Å². The van der Waals surface area contributed by atoms with Crippen molar-refractivity contribution in [1.29, 1.82) is 5.26 Å². The standard InChI is InChI=1S/C15H20N4O2/c1-15(11-18-12-15)21-10-14(20)19(7-3-5-16)9-13-4-2-6-17-8-13/h2,4,6,8,18H,3,7,9-12H2,1H3. The lowest BCUT2D eigenvalue weighted by Crippen LogP contribution is -2.59. The minimum Gasteiger partial charge on any atom is -0.363 e. The first kappa shape index (κ1) is 15.4. The Bertz CT molecular complexity index is 508. The molecule has 1 amide bonds. The van der Waals surface area contributed by atoms with Gasteiger partial charge in [-0.15, -0.1) is 0 Å². The first-order valence-corrected chi connectivity index (χ1v) is 7.01. The van der Waals surface area contributed by atoms with Crippen LogP contribution < -0.4 is 5.32 Å². The SMILES string of the molecule is CC1(OCC(=O)N(CCC#N)Cc2cccnc2)CNC1. The summed E-state index contributed by atoms with van der Waals surface area (Å²) < 4.78 is 5.67. The van der Waals surface area contributed by atoms with E-state index in [2.05, 4.69) is 16.4 Å². The Morgan fingerprint density at radius 2 is 2.43 bits per heavy atom. The number of carbonyl (C=O) groups is 1. The number of carbonyl (C=O) groups excluding carboxylic acids is 1. The molecular formula is C15H20N4O2. The van der Waals surface area contributed by atoms with E-state index in [1.165, 1.54) is 0 Å². The minimum atomic E-state index is -0.245. The van der Waals surface area contributed by atoms with E-state index in [1.54, 1.807) is 17.3 Å². The molecule has 112 valence electrons. The zero-order valence-electron chi connectivity index (χ0n) is 12.2. The third kappa shape index (κ3) is 4.52. The Kier molecular flexibility index (Phi) is 5.26. The lowest BCUT2D eigenvalue weighted by Gasteiger charge is -2.39. The Labute approximate surface area is 124 Å². The normalized spacial score (nSPS) is 15.8. The van der Waals surface area contributed by atoms with E-state index >= 15 is 0 Å². The van der Waals surface area contributed by atoms with Gasteiger partial charge in [-0.05, 0) is 18.6 Å². The van der Waals surface area contributed by atoms with Crippen molar-refractivity contribution in [3.05, 3.63) is 30.1 Å². The van der Waals surface area contributed by atoms with Crippen LogP contribution in [0.2, 0.25) is 0 Å². The molecule has 0 aromatic carbocycles. The van der Waals surface area contributed by atoms with Gasteiger partial charge in [0, 0.05) is 38.6 Å². The van der Waals surface area contributed by atoms with Gasteiger partial charge < -0.3 is 15.0 Å². The van der Waals surface area contributed by atoms with Crippen molar-refractivity contribution in [2.75, 3.05) is 26.2 Å². The zero-order chi connectivity index (χ0) is 15.1. The molecular weight excluding hydrogens is 268 g/mol. The summed E-state index contributed by atoms with van der Waals surface area (Å²) in [6, 6.07) is 5.82. The van der Waals surface area contributed by atoms with Gasteiger partial charge in [0.15, 0.2) is 0 Å². The van der Waals surface area contributed by atoms with E-state index in [9.17, 15) is 4.79 Å². The van der Waals surface area contributed by atoms with Crippen LogP contribution in [0.4, 0.5) is 0 Å². The summed E-state index contributed by atoms with van der Waals surface area (Å²) in [5, 5.41) is 11.9. The van der Waals surface area contributed by atoms with Crippen molar-refractivity contribution < 1.29 is 9.53 Å². The van der Waals surface area contributed by atoms with Crippen LogP contribution in [0.1, 0.15) is 18.9 Å². The van der Waals surface area contributed by atoms with Crippen LogP contribution in [0.15, 0.2) is 24.5 Å². The summed E-state index contributed by atoms with van der Waals surface area (Å²) in [7, 11) is 0. The topological polar surface area (TPSA) is 78.2 Å². The lowest BCUT2D eigenvalue weighted by atomic mass is 10.0. The van der Waals surface area contributed by atoms with Gasteiger partial charge in [0.2, 0.25) is 5.91 Å². The number of pyridine rings is 1. The predicted molar refractivity (Wildman–Crippen MR) is 77.1 cm³/mol. The lowest BCUT2D eigenvalue weighted by molar-refractivity contribution is -0.146. The highest BCUT2D eigenvalue weighted by atomic mass is 16.5. The average Bonchev–Trinajstić information content (AvgIpc) is 2.48. The predicted octanol–water partition coefficient (Wildman–Crippen LogP) is 0.702. The van der Waals surface area contributed by atoms with Crippen molar-refractivity contribution in [2.45, 2.75) is 25.5 Å². The van der Waals surface area contributed by atoms with Gasteiger partial charge in [-0.25, -0.2) is 0 Å². The van der Waals surface area contributed by atoms with Gasteiger partial charge in [-0.2, -0.15) is 5.26 Å². The number of nitrogens with zero attached hydrogens (tertiary/aromatic N) is 3. The third-order valence-corrected chi connectivity index (χ3v) is 3.48. The number of hydrogen-bond donors (Lipinski definition) is 1. The highest BCUT2D eigenvalue weighted by Crippen LogP contribution is 2.15. The number of nitrogens with one attached hydrogen (secondary N) is 1. The third-order valence-electron chi connectivity index (χ3n) is 3.48. The van der Waals surface area contributed by atoms with Gasteiger partial charge in [0.05, 0.1) is 18.1 Å². The Balaban J connectivity index is 1.91. The Morgan fingerprint density at radius 1 is 1.62 bits per heavy atom. The van der Waals surface area contributed by atoms with Crippen molar-refractivity contribution in [2.24, 2.45) is 0 Å². The Hall–Kier alpha value is -1.97. The first-order chi connectivity index (χ1) is 10.1. The maximum absolute atomic E-state index is 12.3. The summed E-state index contributed by atoms with van der Waals surface area (Å²) in [4.78, 5) is 18.0. The number of rotatable bonds is 7. The van der Waals surface area contributed by atoms with Gasteiger partial charge in [0.1, 0.15) is 6.61 Å². The molecule has 0 saturated carbocycles. The fourth-order valence-corrected chi connectivity index (χ4v) is 2.10. The van der Waals surface area contributed by atoms with Gasteiger partial charge in [-0.1, -0.05) is 6.07 Å². The molecule has 0 radical (unpaired) electrons. The molecule has 0 bridgehead atoms. The highest BCUT2D eigenvalue weighted by Gasteiger charge is 2.33.